The molecule has 94 valence electrons. The van der Waals surface area contributed by atoms with Crippen LogP contribution < -0.4 is 5.32 Å². The molecule has 0 aliphatic carbocycles. The molecule has 2 N–H and O–H groups in total. The van der Waals surface area contributed by atoms with E-state index in [0.717, 1.165) is 0 Å². The molecule has 0 bridgehead atoms. The van der Waals surface area contributed by atoms with E-state index >= 15 is 0 Å². The van der Waals surface area contributed by atoms with Crippen LogP contribution >= 0.6 is 0 Å². The summed E-state index contributed by atoms with van der Waals surface area (Å²) in [5.74, 6) is -0.548. The Morgan fingerprint density at radius 2 is 2.24 bits per heavy atom. The van der Waals surface area contributed by atoms with Gasteiger partial charge in [0.05, 0.1) is 18.7 Å². The van der Waals surface area contributed by atoms with Gasteiger partial charge in [-0.05, 0) is 13.0 Å². The largest absolute Gasteiger partial charge is 0.478 e. The Labute approximate surface area is 99.2 Å². The molecule has 0 atom stereocenters. The molecule has 0 radical (unpaired) electrons. The van der Waals surface area contributed by atoms with Gasteiger partial charge in [-0.1, -0.05) is 0 Å². The number of rotatable bonds is 6. The fraction of sp³-hybridized carbons (Fsp3) is 0.455. The fourth-order valence-corrected chi connectivity index (χ4v) is 1.19. The lowest BCUT2D eigenvalue weighted by molar-refractivity contribution is -0.128. The third-order valence-corrected chi connectivity index (χ3v) is 2.38. The molecular weight excluding hydrogens is 224 g/mol. The molecule has 6 nitrogen and oxygen atoms in total. The minimum Gasteiger partial charge on any atom is -0.478 e. The van der Waals surface area contributed by atoms with E-state index in [1.54, 1.807) is 11.9 Å². The van der Waals surface area contributed by atoms with Crippen molar-refractivity contribution < 1.29 is 19.1 Å². The molecule has 0 aliphatic heterocycles. The van der Waals surface area contributed by atoms with Crippen LogP contribution in [0.4, 0.5) is 0 Å². The third kappa shape index (κ3) is 3.92. The van der Waals surface area contributed by atoms with Crippen molar-refractivity contribution in [2.75, 3.05) is 20.1 Å². The van der Waals surface area contributed by atoms with E-state index in [1.165, 1.54) is 12.3 Å². The molecule has 1 heterocycles. The molecule has 0 aromatic carbocycles. The Hall–Kier alpha value is -1.82. The summed E-state index contributed by atoms with van der Waals surface area (Å²) in [5.41, 5.74) is 0.110. The van der Waals surface area contributed by atoms with Crippen molar-refractivity contribution in [2.24, 2.45) is 0 Å². The highest BCUT2D eigenvalue weighted by Crippen LogP contribution is 2.07. The van der Waals surface area contributed by atoms with Gasteiger partial charge in [0.1, 0.15) is 12.0 Å². The van der Waals surface area contributed by atoms with E-state index in [4.69, 9.17) is 9.52 Å². The van der Waals surface area contributed by atoms with Crippen molar-refractivity contribution in [3.8, 4) is 0 Å². The summed E-state index contributed by atoms with van der Waals surface area (Å²) in [6.07, 6.45) is 1.18. The van der Waals surface area contributed by atoms with Gasteiger partial charge in [-0.15, -0.1) is 0 Å². The second-order valence-corrected chi connectivity index (χ2v) is 3.62. The topological polar surface area (TPSA) is 82.8 Å². The van der Waals surface area contributed by atoms with Crippen molar-refractivity contribution in [2.45, 2.75) is 13.5 Å². The highest BCUT2D eigenvalue weighted by atomic mass is 16.4. The number of aromatic carboxylic acids is 1. The van der Waals surface area contributed by atoms with Crippen LogP contribution in [0.25, 0.3) is 0 Å². The Morgan fingerprint density at radius 3 is 2.76 bits per heavy atom. The number of likely N-dealkylation sites (N-methyl/N-ethyl adjacent to an activating group) is 1. The van der Waals surface area contributed by atoms with Crippen LogP contribution in [0.5, 0.6) is 0 Å². The summed E-state index contributed by atoms with van der Waals surface area (Å²) in [6.45, 7) is 3.08. The molecule has 0 spiro atoms. The zero-order valence-corrected chi connectivity index (χ0v) is 9.90. The summed E-state index contributed by atoms with van der Waals surface area (Å²) in [4.78, 5) is 23.6. The van der Waals surface area contributed by atoms with Crippen LogP contribution in [0.15, 0.2) is 16.7 Å². The van der Waals surface area contributed by atoms with Gasteiger partial charge >= 0.3 is 5.97 Å². The summed E-state index contributed by atoms with van der Waals surface area (Å²) >= 11 is 0. The highest BCUT2D eigenvalue weighted by molar-refractivity contribution is 5.87. The molecule has 17 heavy (non-hydrogen) atoms. The maximum atomic E-state index is 11.4. The summed E-state index contributed by atoms with van der Waals surface area (Å²) < 4.78 is 5.03. The number of amides is 1. The maximum Gasteiger partial charge on any atom is 0.338 e. The van der Waals surface area contributed by atoms with E-state index in [1.807, 2.05) is 6.92 Å². The molecule has 1 amide bonds. The SMILES string of the molecule is CCN(C)C(=O)CNCc1cc(C(=O)O)co1. The van der Waals surface area contributed by atoms with Gasteiger partial charge in [-0.3, -0.25) is 4.79 Å². The number of nitrogens with zero attached hydrogens (tertiary/aromatic N) is 1. The van der Waals surface area contributed by atoms with Crippen molar-refractivity contribution in [3.63, 3.8) is 0 Å². The Bertz CT molecular complexity index is 400. The van der Waals surface area contributed by atoms with Crippen LogP contribution in [0.1, 0.15) is 23.0 Å². The third-order valence-electron chi connectivity index (χ3n) is 2.38. The average molecular weight is 240 g/mol. The molecule has 0 unspecified atom stereocenters. The number of hydrogen-bond donors (Lipinski definition) is 2. The van der Waals surface area contributed by atoms with E-state index in [-0.39, 0.29) is 18.0 Å². The Kier molecular flexibility index (Phi) is 4.71. The molecule has 6 heteroatoms. The Balaban J connectivity index is 2.35. The van der Waals surface area contributed by atoms with Gasteiger partial charge in [0.25, 0.3) is 0 Å². The second kappa shape index (κ2) is 6.05. The number of carbonyl (C=O) groups is 2. The molecule has 0 saturated heterocycles. The van der Waals surface area contributed by atoms with Gasteiger partial charge in [0, 0.05) is 13.6 Å². The van der Waals surface area contributed by atoms with Gasteiger partial charge in [0.15, 0.2) is 0 Å². The van der Waals surface area contributed by atoms with Crippen LogP contribution in [0.2, 0.25) is 0 Å². The molecule has 0 fully saturated rings. The number of carboxylic acids is 1. The number of hydrogen-bond acceptors (Lipinski definition) is 4. The number of furan rings is 1. The minimum absolute atomic E-state index is 0.0162. The zero-order chi connectivity index (χ0) is 12.8. The lowest BCUT2D eigenvalue weighted by Gasteiger charge is -2.14. The molecule has 1 rings (SSSR count). The van der Waals surface area contributed by atoms with Gasteiger partial charge in [-0.2, -0.15) is 0 Å². The molecule has 1 aromatic heterocycles. The van der Waals surface area contributed by atoms with Crippen molar-refractivity contribution in [3.05, 3.63) is 23.7 Å². The minimum atomic E-state index is -1.03. The van der Waals surface area contributed by atoms with Crippen LogP contribution in [-0.4, -0.2) is 42.0 Å². The average Bonchev–Trinajstić information content (AvgIpc) is 2.76. The smallest absolute Gasteiger partial charge is 0.338 e. The summed E-state index contributed by atoms with van der Waals surface area (Å²) in [6, 6.07) is 1.43. The molecule has 0 aliphatic rings. The first-order valence-electron chi connectivity index (χ1n) is 5.30. The standard InChI is InChI=1S/C11H16N2O4/c1-3-13(2)10(14)6-12-5-9-4-8(7-17-9)11(15)16/h4,7,12H,3,5-6H2,1-2H3,(H,15,16). The highest BCUT2D eigenvalue weighted by Gasteiger charge is 2.09. The Morgan fingerprint density at radius 1 is 1.53 bits per heavy atom. The summed E-state index contributed by atoms with van der Waals surface area (Å²) in [7, 11) is 1.72. The number of nitrogens with one attached hydrogen (secondary N) is 1. The maximum absolute atomic E-state index is 11.4. The van der Waals surface area contributed by atoms with E-state index < -0.39 is 5.97 Å². The quantitative estimate of drug-likeness (QED) is 0.758. The predicted molar refractivity (Wildman–Crippen MR) is 60.7 cm³/mol. The van der Waals surface area contributed by atoms with Gasteiger partial charge in [-0.25, -0.2) is 4.79 Å². The number of carboxylic acid groups (broad SMARTS) is 1. The first kappa shape index (κ1) is 13.2. The van der Waals surface area contributed by atoms with Crippen LogP contribution in [0, 0.1) is 0 Å². The van der Waals surface area contributed by atoms with E-state index in [9.17, 15) is 9.59 Å². The molecular formula is C11H16N2O4. The molecule has 1 aromatic rings. The fourth-order valence-electron chi connectivity index (χ4n) is 1.19. The lowest BCUT2D eigenvalue weighted by Crippen LogP contribution is -2.35. The normalized spacial score (nSPS) is 10.2. The monoisotopic (exact) mass is 240 g/mol. The van der Waals surface area contributed by atoms with Crippen molar-refractivity contribution in [1.82, 2.24) is 10.2 Å². The van der Waals surface area contributed by atoms with E-state index in [2.05, 4.69) is 5.32 Å². The first-order valence-corrected chi connectivity index (χ1v) is 5.30. The van der Waals surface area contributed by atoms with Crippen LogP contribution in [0.3, 0.4) is 0 Å². The van der Waals surface area contributed by atoms with E-state index in [0.29, 0.717) is 18.8 Å². The lowest BCUT2D eigenvalue weighted by atomic mass is 10.3. The predicted octanol–water partition coefficient (Wildman–Crippen LogP) is 0.546. The first-order chi connectivity index (χ1) is 8.04. The molecule has 0 saturated carbocycles. The van der Waals surface area contributed by atoms with Gasteiger partial charge in [0.2, 0.25) is 5.91 Å². The van der Waals surface area contributed by atoms with Gasteiger partial charge < -0.3 is 19.7 Å². The summed E-state index contributed by atoms with van der Waals surface area (Å²) in [5, 5.41) is 11.6. The van der Waals surface area contributed by atoms with Crippen LogP contribution in [-0.2, 0) is 11.3 Å². The second-order valence-electron chi connectivity index (χ2n) is 3.62. The van der Waals surface area contributed by atoms with Crippen molar-refractivity contribution >= 4 is 11.9 Å². The van der Waals surface area contributed by atoms with Crippen molar-refractivity contribution in [1.29, 1.82) is 0 Å². The zero-order valence-electron chi connectivity index (χ0n) is 9.90. The number of carbonyl (C=O) groups excluding carboxylic acids is 1.